The summed E-state index contributed by atoms with van der Waals surface area (Å²) in [4.78, 5) is 18.9. The highest BCUT2D eigenvalue weighted by Gasteiger charge is 2.34. The zero-order valence-electron chi connectivity index (χ0n) is 18.8. The van der Waals surface area contributed by atoms with Crippen molar-refractivity contribution >= 4 is 22.7 Å². The lowest BCUT2D eigenvalue weighted by Crippen LogP contribution is -2.37. The molecule has 0 spiro atoms. The van der Waals surface area contributed by atoms with Gasteiger partial charge < -0.3 is 19.4 Å². The van der Waals surface area contributed by atoms with Crippen molar-refractivity contribution in [2.24, 2.45) is 0 Å². The second kappa shape index (κ2) is 8.87. The first-order valence-electron chi connectivity index (χ1n) is 11.7. The lowest BCUT2D eigenvalue weighted by molar-refractivity contribution is 0.181. The van der Waals surface area contributed by atoms with Crippen molar-refractivity contribution in [1.82, 2.24) is 9.88 Å². The maximum Gasteiger partial charge on any atom is 0.417 e. The van der Waals surface area contributed by atoms with Gasteiger partial charge in [0.2, 0.25) is 0 Å². The van der Waals surface area contributed by atoms with E-state index in [4.69, 9.17) is 9.47 Å². The molecule has 6 nitrogen and oxygen atoms in total. The molecular weight excluding hydrogens is 402 g/mol. The van der Waals surface area contributed by atoms with Crippen molar-refractivity contribution < 1.29 is 14.3 Å². The van der Waals surface area contributed by atoms with Crippen molar-refractivity contribution in [2.75, 3.05) is 25.5 Å². The number of piperidine rings is 1. The number of hydrogen-bond donors (Lipinski definition) is 2. The molecular formula is C26H31N3O3. The quantitative estimate of drug-likeness (QED) is 0.542. The minimum absolute atomic E-state index is 0.396. The molecule has 2 atom stereocenters. The smallest absolute Gasteiger partial charge is 0.417 e. The van der Waals surface area contributed by atoms with Crippen LogP contribution in [0.4, 0.5) is 10.5 Å². The first-order valence-corrected chi connectivity index (χ1v) is 11.7. The van der Waals surface area contributed by atoms with Gasteiger partial charge in [0.25, 0.3) is 0 Å². The highest BCUT2D eigenvalue weighted by molar-refractivity contribution is 5.93. The Hall–Kier alpha value is -2.99. The predicted molar refractivity (Wildman–Crippen MR) is 127 cm³/mol. The summed E-state index contributed by atoms with van der Waals surface area (Å²) in [6, 6.07) is 13.9. The Balaban J connectivity index is 1.39. The van der Waals surface area contributed by atoms with Crippen LogP contribution in [0.25, 0.3) is 10.9 Å². The van der Waals surface area contributed by atoms with E-state index < -0.39 is 6.09 Å². The summed E-state index contributed by atoms with van der Waals surface area (Å²) in [5.41, 5.74) is 4.63. The summed E-state index contributed by atoms with van der Waals surface area (Å²) in [5, 5.41) is 4.11. The van der Waals surface area contributed by atoms with Crippen molar-refractivity contribution in [2.45, 2.75) is 51.0 Å². The van der Waals surface area contributed by atoms with E-state index >= 15 is 0 Å². The maximum absolute atomic E-state index is 12.6. The SMILES string of the molecule is CCc1[nH]c2ccc(NC(=O)Oc3ccccc3OC)cc2c1C1CCN2CCCC2C1. The number of benzene rings is 2. The number of fused-ring (bicyclic) bond motifs is 2. The molecule has 2 aromatic carbocycles. The summed E-state index contributed by atoms with van der Waals surface area (Å²) in [7, 11) is 1.56. The second-order valence-electron chi connectivity index (χ2n) is 8.85. The Morgan fingerprint density at radius 3 is 2.81 bits per heavy atom. The van der Waals surface area contributed by atoms with Gasteiger partial charge in [-0.3, -0.25) is 5.32 Å². The molecule has 1 aromatic heterocycles. The number of hydrogen-bond acceptors (Lipinski definition) is 4. The van der Waals surface area contributed by atoms with E-state index in [0.29, 0.717) is 17.4 Å². The standard InChI is InChI=1S/C26H31N3O3/c1-3-21-25(17-12-14-29-13-6-7-19(29)15-17)20-16-18(10-11-22(20)28-21)27-26(30)32-24-9-5-4-8-23(24)31-2/h4-5,8-11,16-17,19,28H,3,6-7,12-15H2,1-2H3,(H,27,30). The lowest BCUT2D eigenvalue weighted by atomic mass is 9.83. The normalized spacial score (nSPS) is 20.8. The molecule has 1 amide bonds. The fourth-order valence-electron chi connectivity index (χ4n) is 5.52. The van der Waals surface area contributed by atoms with Crippen LogP contribution in [0.5, 0.6) is 11.5 Å². The fraction of sp³-hybridized carbons (Fsp3) is 0.423. The van der Waals surface area contributed by atoms with Crippen LogP contribution in [0, 0.1) is 0 Å². The molecule has 5 rings (SSSR count). The Morgan fingerprint density at radius 2 is 2.00 bits per heavy atom. The number of nitrogens with zero attached hydrogens (tertiary/aromatic N) is 1. The Labute approximate surface area is 188 Å². The molecule has 0 aliphatic carbocycles. The minimum Gasteiger partial charge on any atom is -0.493 e. The molecule has 0 bridgehead atoms. The molecule has 0 radical (unpaired) electrons. The molecule has 2 unspecified atom stereocenters. The number of aromatic amines is 1. The van der Waals surface area contributed by atoms with Crippen LogP contribution in [0.15, 0.2) is 42.5 Å². The molecule has 3 aromatic rings. The zero-order valence-corrected chi connectivity index (χ0v) is 18.8. The number of aryl methyl sites for hydroxylation is 1. The van der Waals surface area contributed by atoms with Crippen LogP contribution in [0.3, 0.4) is 0 Å². The van der Waals surface area contributed by atoms with Gasteiger partial charge in [0.15, 0.2) is 11.5 Å². The third kappa shape index (κ3) is 3.95. The van der Waals surface area contributed by atoms with Gasteiger partial charge in [-0.1, -0.05) is 19.1 Å². The van der Waals surface area contributed by atoms with Crippen molar-refractivity contribution in [3.8, 4) is 11.5 Å². The van der Waals surface area contributed by atoms with Crippen LogP contribution in [0.1, 0.15) is 49.8 Å². The van der Waals surface area contributed by atoms with E-state index in [2.05, 4.69) is 34.3 Å². The number of rotatable bonds is 5. The number of nitrogens with one attached hydrogen (secondary N) is 2. The second-order valence-corrected chi connectivity index (χ2v) is 8.85. The van der Waals surface area contributed by atoms with Crippen LogP contribution in [0.2, 0.25) is 0 Å². The number of aromatic nitrogens is 1. The average Bonchev–Trinajstić information content (AvgIpc) is 3.42. The molecule has 2 aliphatic rings. The van der Waals surface area contributed by atoms with Gasteiger partial charge in [0.05, 0.1) is 7.11 Å². The Bertz CT molecular complexity index is 1120. The summed E-state index contributed by atoms with van der Waals surface area (Å²) in [5.74, 6) is 1.48. The summed E-state index contributed by atoms with van der Waals surface area (Å²) in [6.45, 7) is 4.66. The van der Waals surface area contributed by atoms with E-state index in [0.717, 1.165) is 23.7 Å². The number of ether oxygens (including phenoxy) is 2. The van der Waals surface area contributed by atoms with Gasteiger partial charge >= 0.3 is 6.09 Å². The van der Waals surface area contributed by atoms with Crippen molar-refractivity contribution in [3.05, 3.63) is 53.7 Å². The third-order valence-electron chi connectivity index (χ3n) is 7.02. The van der Waals surface area contributed by atoms with Gasteiger partial charge in [-0.25, -0.2) is 4.79 Å². The summed E-state index contributed by atoms with van der Waals surface area (Å²) < 4.78 is 10.8. The average molecular weight is 434 g/mol. The van der Waals surface area contributed by atoms with E-state index in [9.17, 15) is 4.79 Å². The fourth-order valence-corrected chi connectivity index (χ4v) is 5.52. The monoisotopic (exact) mass is 433 g/mol. The largest absolute Gasteiger partial charge is 0.493 e. The Kier molecular flexibility index (Phi) is 5.79. The molecule has 6 heteroatoms. The molecule has 2 saturated heterocycles. The number of H-pyrrole nitrogens is 1. The topological polar surface area (TPSA) is 66.6 Å². The number of carbonyl (C=O) groups excluding carboxylic acids is 1. The van der Waals surface area contributed by atoms with E-state index in [1.54, 1.807) is 19.2 Å². The molecule has 168 valence electrons. The van der Waals surface area contributed by atoms with E-state index in [1.165, 1.54) is 55.4 Å². The Morgan fingerprint density at radius 1 is 1.16 bits per heavy atom. The third-order valence-corrected chi connectivity index (χ3v) is 7.02. The minimum atomic E-state index is -0.527. The van der Waals surface area contributed by atoms with Gasteiger partial charge in [0, 0.05) is 28.3 Å². The molecule has 0 saturated carbocycles. The van der Waals surface area contributed by atoms with Crippen LogP contribution >= 0.6 is 0 Å². The highest BCUT2D eigenvalue weighted by atomic mass is 16.6. The first kappa shape index (κ1) is 20.9. The van der Waals surface area contributed by atoms with Crippen molar-refractivity contribution in [1.29, 1.82) is 0 Å². The van der Waals surface area contributed by atoms with Gasteiger partial charge in [0.1, 0.15) is 0 Å². The predicted octanol–water partition coefficient (Wildman–Crippen LogP) is 5.69. The van der Waals surface area contributed by atoms with Gasteiger partial charge in [-0.05, 0) is 87.0 Å². The number of anilines is 1. The summed E-state index contributed by atoms with van der Waals surface area (Å²) in [6.07, 6.45) is 5.53. The number of methoxy groups -OCH3 is 1. The lowest BCUT2D eigenvalue weighted by Gasteiger charge is -2.35. The van der Waals surface area contributed by atoms with Crippen molar-refractivity contribution in [3.63, 3.8) is 0 Å². The molecule has 2 fully saturated rings. The molecule has 3 heterocycles. The van der Waals surface area contributed by atoms with Crippen LogP contribution in [-0.2, 0) is 6.42 Å². The van der Waals surface area contributed by atoms with Gasteiger partial charge in [-0.15, -0.1) is 0 Å². The molecule has 2 aliphatic heterocycles. The van der Waals surface area contributed by atoms with E-state index in [1.807, 2.05) is 18.2 Å². The van der Waals surface area contributed by atoms with E-state index in [-0.39, 0.29) is 0 Å². The molecule has 2 N–H and O–H groups in total. The first-order chi connectivity index (χ1) is 15.7. The maximum atomic E-state index is 12.6. The van der Waals surface area contributed by atoms with Gasteiger partial charge in [-0.2, -0.15) is 0 Å². The summed E-state index contributed by atoms with van der Waals surface area (Å²) >= 11 is 0. The van der Waals surface area contributed by atoms with Crippen LogP contribution < -0.4 is 14.8 Å². The zero-order chi connectivity index (χ0) is 22.1. The number of amides is 1. The van der Waals surface area contributed by atoms with Crippen LogP contribution in [-0.4, -0.2) is 42.2 Å². The molecule has 32 heavy (non-hydrogen) atoms. The highest BCUT2D eigenvalue weighted by Crippen LogP contribution is 2.41. The number of carbonyl (C=O) groups is 1. The number of para-hydroxylation sites is 2.